The summed E-state index contributed by atoms with van der Waals surface area (Å²) in [5.74, 6) is -2.91. The van der Waals surface area contributed by atoms with Gasteiger partial charge in [-0.3, -0.25) is 0 Å². The third kappa shape index (κ3) is 3.86. The van der Waals surface area contributed by atoms with Gasteiger partial charge in [-0.1, -0.05) is 109 Å². The number of hydrogen-bond acceptors (Lipinski definition) is 2. The first-order valence-corrected chi connectivity index (χ1v) is 19.1. The van der Waals surface area contributed by atoms with Gasteiger partial charge in [0.05, 0.1) is 85.4 Å². The first-order valence-electron chi connectivity index (χ1n) is 33.2. The van der Waals surface area contributed by atoms with E-state index in [9.17, 15) is 21.9 Å². The molecular weight excluding hydrogens is 749 g/mol. The highest BCUT2D eigenvalue weighted by molar-refractivity contribution is 8.28. The maximum Gasteiger partial charge on any atom is 0.289 e. The van der Waals surface area contributed by atoms with Crippen molar-refractivity contribution in [3.63, 3.8) is 0 Å². The van der Waals surface area contributed by atoms with E-state index in [-0.39, 0.29) is 53.9 Å². The Morgan fingerprint density at radius 1 is 0.433 bits per heavy atom. The Morgan fingerprint density at radius 3 is 1.73 bits per heavy atom. The summed E-state index contributed by atoms with van der Waals surface area (Å²) in [7, 11) is 0. The Bertz CT molecular complexity index is 5740. The highest BCUT2D eigenvalue weighted by Gasteiger charge is 2.39. The lowest BCUT2D eigenvalue weighted by Crippen LogP contribution is -2.46. The number of nitrogens with zero attached hydrogens (tertiary/aromatic N) is 3. The normalized spacial score (nSPS) is 20.4. The summed E-state index contributed by atoms with van der Waals surface area (Å²) in [5.41, 5.74) is -5.95. The summed E-state index contributed by atoms with van der Waals surface area (Å²) < 4.78 is 288. The van der Waals surface area contributed by atoms with Crippen LogP contribution in [0, 0.1) is 0 Å². The van der Waals surface area contributed by atoms with Crippen molar-refractivity contribution in [2.75, 3.05) is 0 Å². The van der Waals surface area contributed by atoms with Gasteiger partial charge in [0.2, 0.25) is 0 Å². The van der Waals surface area contributed by atoms with E-state index >= 15 is 0 Å². The Labute approximate surface area is 389 Å². The number of hydrogen-bond donors (Lipinski definition) is 0. The van der Waals surface area contributed by atoms with E-state index in [1.165, 1.54) is 0 Å². The Morgan fingerprint density at radius 2 is 1.00 bits per heavy atom. The smallest absolute Gasteiger partial charge is 0.289 e. The standard InChI is InChI=1S/C54H30BN3OS/c1-7-19-43-33(13-1)34-14-2-8-20-44(34)56(43)31-25-26-48-42(28-31)55-52-39(37-17-6-12-24-50(37)60-55)27-32(29-49(52)59-48)57-45-21-9-3-15-35(45)40-30-41-36-16-4-10-22-46(36)58-47-23-11-5-18-38(47)51(53(40)57)54(41)58/h1-30H/i1D,2D,3D,4D,5D,6D,7D,8D,9D,10D,11D,12D,13D,14D,15D,16D,17D,18D,19D,20D,21D,22D,23D,24D,25D,26D,27D,28D,29D,30D. The zero-order chi connectivity index (χ0) is 64.9. The molecule has 0 saturated heterocycles. The van der Waals surface area contributed by atoms with Crippen molar-refractivity contribution in [1.29, 1.82) is 0 Å². The third-order valence-corrected chi connectivity index (χ3v) is 12.4. The number of aromatic nitrogens is 3. The summed E-state index contributed by atoms with van der Waals surface area (Å²) in [4.78, 5) is -0.302. The van der Waals surface area contributed by atoms with E-state index in [2.05, 4.69) is 0 Å². The zero-order valence-corrected chi connectivity index (χ0v) is 30.6. The van der Waals surface area contributed by atoms with Crippen LogP contribution in [-0.4, -0.2) is 19.5 Å². The fraction of sp³-hybridized carbons (Fsp3) is 0. The second kappa shape index (κ2) is 11.2. The van der Waals surface area contributed by atoms with E-state index in [0.29, 0.717) is 11.6 Å². The maximum atomic E-state index is 10.6. The van der Waals surface area contributed by atoms with Crippen LogP contribution < -0.4 is 15.7 Å². The van der Waals surface area contributed by atoms with Crippen LogP contribution in [-0.2, 0) is 0 Å². The first-order chi connectivity index (χ1) is 42.3. The summed E-state index contributed by atoms with van der Waals surface area (Å²) in [6, 6.07) is -24.0. The quantitative estimate of drug-likeness (QED) is 0.162. The number of ether oxygens (including phenoxy) is 1. The van der Waals surface area contributed by atoms with Gasteiger partial charge in [0.25, 0.3) is 5.99 Å². The molecular formula is C54H30BN3OS. The third-order valence-electron chi connectivity index (χ3n) is 11.2. The van der Waals surface area contributed by atoms with Gasteiger partial charge >= 0.3 is 0 Å². The lowest BCUT2D eigenvalue weighted by atomic mass is 9.57. The van der Waals surface area contributed by atoms with Gasteiger partial charge in [-0.2, -0.15) is 11.6 Å². The topological polar surface area (TPSA) is 23.5 Å². The first kappa shape index (κ1) is 15.0. The van der Waals surface area contributed by atoms with Crippen LogP contribution in [0.25, 0.3) is 104 Å². The van der Waals surface area contributed by atoms with E-state index < -0.39 is 265 Å². The molecule has 0 N–H and O–H groups in total. The monoisotopic (exact) mass is 809 g/mol. The van der Waals surface area contributed by atoms with Crippen molar-refractivity contribution in [2.45, 2.75) is 4.90 Å². The van der Waals surface area contributed by atoms with E-state index in [1.54, 1.807) is 0 Å². The van der Waals surface area contributed by atoms with Crippen LogP contribution in [0.3, 0.4) is 0 Å². The van der Waals surface area contributed by atoms with Crippen molar-refractivity contribution in [2.24, 2.45) is 0 Å². The molecule has 0 saturated carbocycles. The van der Waals surface area contributed by atoms with E-state index in [4.69, 9.17) is 23.9 Å². The summed E-state index contributed by atoms with van der Waals surface area (Å²) in [5, 5.41) is -3.05. The van der Waals surface area contributed by atoms with Crippen molar-refractivity contribution < 1.29 is 45.9 Å². The summed E-state index contributed by atoms with van der Waals surface area (Å²) in [6.45, 7) is 0. The summed E-state index contributed by atoms with van der Waals surface area (Å²) in [6.07, 6.45) is 0. The highest BCUT2D eigenvalue weighted by atomic mass is 32.2. The number of benzene rings is 9. The molecule has 0 fully saturated rings. The molecule has 13 aromatic rings. The highest BCUT2D eigenvalue weighted by Crippen LogP contribution is 2.49. The fourth-order valence-corrected chi connectivity index (χ4v) is 10.1. The van der Waals surface area contributed by atoms with Crippen LogP contribution in [0.4, 0.5) is 0 Å². The number of rotatable bonds is 2. The Kier molecular flexibility index (Phi) is 2.80. The lowest BCUT2D eigenvalue weighted by molar-refractivity contribution is 0.487. The van der Waals surface area contributed by atoms with Gasteiger partial charge in [0.1, 0.15) is 11.5 Å². The molecule has 0 aliphatic carbocycles. The van der Waals surface area contributed by atoms with Gasteiger partial charge < -0.3 is 18.3 Å². The molecule has 2 aliphatic rings. The molecule has 60 heavy (non-hydrogen) atoms. The molecule has 4 nitrogen and oxygen atoms in total. The fourth-order valence-electron chi connectivity index (χ4n) is 8.90. The second-order valence-electron chi connectivity index (χ2n) is 14.1. The van der Waals surface area contributed by atoms with Crippen LogP contribution >= 0.6 is 11.6 Å². The summed E-state index contributed by atoms with van der Waals surface area (Å²) >= 11 is 0.649. The minimum Gasteiger partial charge on any atom is -0.458 e. The molecule has 15 rings (SSSR count). The molecule has 6 heterocycles. The molecule has 4 aromatic heterocycles. The Hall–Kier alpha value is -7.41. The van der Waals surface area contributed by atoms with Gasteiger partial charge in [0.15, 0.2) is 0 Å². The molecule has 0 radical (unpaired) electrons. The van der Waals surface area contributed by atoms with Gasteiger partial charge in [-0.15, -0.1) is 0 Å². The minimum absolute atomic E-state index is 0.232. The molecule has 2 aliphatic heterocycles. The van der Waals surface area contributed by atoms with Crippen molar-refractivity contribution in [3.05, 3.63) is 181 Å². The molecule has 9 aromatic carbocycles. The van der Waals surface area contributed by atoms with Crippen LogP contribution in [0.2, 0.25) is 0 Å². The SMILES string of the molecule is [2H]c1c([2H])c([2H])c2c(c1[2H])SB1c3c([2H])c(-n4c5c([2H])c([2H])c([2H])c([2H])c5c5c([2H])c([2H])c([2H])c([2H])c54)c([2H])c([2H])c3Oc3c([2H])c(-n4c5c([2H])c([2H])c([2H])c([2H])c5c5c([2H])c6c7c([2H])c([2H])c([2H])c([2H])c7n7c8c([2H])c([2H])c([2H])c([2H])c8c(c54)c67)c([2H])c-2c31. The van der Waals surface area contributed by atoms with Gasteiger partial charge in [-0.05, 0) is 88.5 Å². The molecule has 276 valence electrons. The molecule has 0 atom stereocenters. The van der Waals surface area contributed by atoms with Crippen molar-refractivity contribution >= 4 is 110 Å². The molecule has 0 spiro atoms. The predicted octanol–water partition coefficient (Wildman–Crippen LogP) is 13.0. The molecule has 6 heteroatoms. The van der Waals surface area contributed by atoms with E-state index in [1.807, 2.05) is 0 Å². The molecule has 0 amide bonds. The Balaban J connectivity index is 1.16. The lowest BCUT2D eigenvalue weighted by Gasteiger charge is -2.33. The van der Waals surface area contributed by atoms with E-state index in [0.717, 1.165) is 13.5 Å². The number of para-hydroxylation sites is 5. The molecule has 0 bridgehead atoms. The number of fused-ring (bicyclic) bond motifs is 17. The predicted molar refractivity (Wildman–Crippen MR) is 253 cm³/mol. The maximum absolute atomic E-state index is 10.6. The average molecular weight is 810 g/mol. The van der Waals surface area contributed by atoms with Gasteiger partial charge in [-0.25, -0.2) is 0 Å². The van der Waals surface area contributed by atoms with Crippen LogP contribution in [0.1, 0.15) is 41.1 Å². The zero-order valence-electron chi connectivity index (χ0n) is 59.7. The minimum atomic E-state index is -1.62. The van der Waals surface area contributed by atoms with Crippen molar-refractivity contribution in [3.8, 4) is 34.0 Å². The van der Waals surface area contributed by atoms with Crippen molar-refractivity contribution in [1.82, 2.24) is 13.5 Å². The second-order valence-corrected chi connectivity index (χ2v) is 15.2. The largest absolute Gasteiger partial charge is 0.458 e. The molecule has 0 unspecified atom stereocenters. The average Bonchev–Trinajstić information content (AvgIpc) is 1.65. The van der Waals surface area contributed by atoms with Crippen LogP contribution in [0.5, 0.6) is 11.5 Å². The van der Waals surface area contributed by atoms with Gasteiger partial charge in [0, 0.05) is 59.7 Å². The van der Waals surface area contributed by atoms with Crippen LogP contribution in [0.15, 0.2) is 186 Å².